The standard InChI is InChI=1S/C9H10F3NO.C8H8F3N/c1-13(6-14)8-4-2-7(3-5-8)9(10,11)12;1-12-7-4-2-6(3-5-7)8(9,10)11/h2-5,14H,6H2,1H3;2-5,12H,1H3. The Morgan fingerprint density at radius 3 is 1.50 bits per heavy atom. The zero-order valence-corrected chi connectivity index (χ0v) is 14.0. The van der Waals surface area contributed by atoms with Crippen molar-refractivity contribution in [3.8, 4) is 0 Å². The Hall–Kier alpha value is -2.42. The molecule has 0 unspecified atom stereocenters. The minimum atomic E-state index is -4.31. The molecule has 0 bridgehead atoms. The van der Waals surface area contributed by atoms with Gasteiger partial charge < -0.3 is 15.3 Å². The maximum Gasteiger partial charge on any atom is 0.416 e. The molecule has 9 heteroatoms. The van der Waals surface area contributed by atoms with Gasteiger partial charge in [0.1, 0.15) is 6.73 Å². The van der Waals surface area contributed by atoms with Crippen LogP contribution in [0.4, 0.5) is 37.7 Å². The van der Waals surface area contributed by atoms with Crippen LogP contribution in [0.3, 0.4) is 0 Å². The maximum atomic E-state index is 12.1. The van der Waals surface area contributed by atoms with Gasteiger partial charge in [0, 0.05) is 25.5 Å². The van der Waals surface area contributed by atoms with E-state index in [2.05, 4.69) is 5.32 Å². The van der Waals surface area contributed by atoms with Gasteiger partial charge in [-0.25, -0.2) is 0 Å². The van der Waals surface area contributed by atoms with E-state index >= 15 is 0 Å². The summed E-state index contributed by atoms with van der Waals surface area (Å²) in [6.45, 7) is -0.231. The van der Waals surface area contributed by atoms with Crippen molar-refractivity contribution in [3.05, 3.63) is 59.7 Å². The molecule has 3 nitrogen and oxygen atoms in total. The highest BCUT2D eigenvalue weighted by molar-refractivity contribution is 5.47. The zero-order valence-electron chi connectivity index (χ0n) is 14.0. The van der Waals surface area contributed by atoms with Crippen molar-refractivity contribution in [2.24, 2.45) is 0 Å². The summed E-state index contributed by atoms with van der Waals surface area (Å²) in [5.74, 6) is 0. The van der Waals surface area contributed by atoms with E-state index in [1.165, 1.54) is 29.2 Å². The molecule has 0 heterocycles. The first-order valence-electron chi connectivity index (χ1n) is 7.33. The number of hydrogen-bond donors (Lipinski definition) is 2. The van der Waals surface area contributed by atoms with Crippen LogP contribution in [-0.2, 0) is 12.4 Å². The lowest BCUT2D eigenvalue weighted by atomic mass is 10.2. The second-order valence-corrected chi connectivity index (χ2v) is 5.21. The van der Waals surface area contributed by atoms with E-state index in [-0.39, 0.29) is 6.73 Å². The molecule has 2 aromatic rings. The van der Waals surface area contributed by atoms with E-state index in [9.17, 15) is 26.3 Å². The van der Waals surface area contributed by atoms with Gasteiger partial charge in [-0.2, -0.15) is 26.3 Å². The highest BCUT2D eigenvalue weighted by Gasteiger charge is 2.30. The number of nitrogens with zero attached hydrogens (tertiary/aromatic N) is 1. The van der Waals surface area contributed by atoms with Crippen LogP contribution in [0.25, 0.3) is 0 Å². The first kappa shape index (κ1) is 21.6. The lowest BCUT2D eigenvalue weighted by Crippen LogP contribution is -2.17. The summed E-state index contributed by atoms with van der Waals surface area (Å²) in [6, 6.07) is 9.49. The van der Waals surface area contributed by atoms with Gasteiger partial charge in [-0.15, -0.1) is 0 Å². The van der Waals surface area contributed by atoms with E-state index in [0.29, 0.717) is 11.4 Å². The van der Waals surface area contributed by atoms with Crippen LogP contribution in [-0.4, -0.2) is 25.9 Å². The van der Waals surface area contributed by atoms with Crippen LogP contribution in [0.15, 0.2) is 48.5 Å². The minimum absolute atomic E-state index is 0.231. The summed E-state index contributed by atoms with van der Waals surface area (Å²) in [4.78, 5) is 1.43. The third kappa shape index (κ3) is 6.47. The zero-order chi connectivity index (χ0) is 20.0. The van der Waals surface area contributed by atoms with Crippen LogP contribution >= 0.6 is 0 Å². The quantitative estimate of drug-likeness (QED) is 0.591. The Kier molecular flexibility index (Phi) is 7.31. The lowest BCUT2D eigenvalue weighted by molar-refractivity contribution is -0.138. The molecule has 0 aromatic heterocycles. The fraction of sp³-hybridized carbons (Fsp3) is 0.294. The van der Waals surface area contributed by atoms with Gasteiger partial charge in [-0.05, 0) is 48.5 Å². The monoisotopic (exact) mass is 380 g/mol. The summed E-state index contributed by atoms with van der Waals surface area (Å²) in [7, 11) is 3.24. The molecule has 0 fully saturated rings. The summed E-state index contributed by atoms with van der Waals surface area (Å²) < 4.78 is 72.4. The third-order valence-corrected chi connectivity index (χ3v) is 3.35. The number of alkyl halides is 6. The van der Waals surface area contributed by atoms with E-state index in [1.807, 2.05) is 0 Å². The molecule has 0 amide bonds. The predicted octanol–water partition coefficient (Wildman–Crippen LogP) is 4.84. The van der Waals surface area contributed by atoms with Gasteiger partial charge >= 0.3 is 12.4 Å². The molecule has 26 heavy (non-hydrogen) atoms. The first-order valence-corrected chi connectivity index (χ1v) is 7.33. The molecule has 0 aliphatic rings. The predicted molar refractivity (Wildman–Crippen MR) is 87.9 cm³/mol. The van der Waals surface area contributed by atoms with Gasteiger partial charge in [0.15, 0.2) is 0 Å². The highest BCUT2D eigenvalue weighted by atomic mass is 19.4. The average Bonchev–Trinajstić information content (AvgIpc) is 2.60. The van der Waals surface area contributed by atoms with Crippen molar-refractivity contribution in [2.45, 2.75) is 12.4 Å². The number of rotatable bonds is 3. The molecular weight excluding hydrogens is 362 g/mol. The van der Waals surface area contributed by atoms with E-state index in [4.69, 9.17) is 5.11 Å². The number of halogens is 6. The van der Waals surface area contributed by atoms with Crippen LogP contribution in [0.2, 0.25) is 0 Å². The minimum Gasteiger partial charge on any atom is -0.388 e. The van der Waals surface area contributed by atoms with E-state index in [0.717, 1.165) is 24.3 Å². The molecular formula is C17H18F6N2O. The van der Waals surface area contributed by atoms with Crippen molar-refractivity contribution in [1.29, 1.82) is 0 Å². The van der Waals surface area contributed by atoms with Crippen molar-refractivity contribution >= 4 is 11.4 Å². The van der Waals surface area contributed by atoms with Gasteiger partial charge in [-0.3, -0.25) is 0 Å². The maximum absolute atomic E-state index is 12.1. The van der Waals surface area contributed by atoms with Crippen LogP contribution in [0.1, 0.15) is 11.1 Å². The molecule has 2 aromatic carbocycles. The van der Waals surface area contributed by atoms with Gasteiger partial charge in [0.2, 0.25) is 0 Å². The largest absolute Gasteiger partial charge is 0.416 e. The fourth-order valence-corrected chi connectivity index (χ4v) is 1.81. The van der Waals surface area contributed by atoms with Crippen molar-refractivity contribution in [3.63, 3.8) is 0 Å². The molecule has 0 radical (unpaired) electrons. The smallest absolute Gasteiger partial charge is 0.388 e. The SMILES string of the molecule is CN(CO)c1ccc(C(F)(F)F)cc1.CNc1ccc(C(F)(F)F)cc1. The summed E-state index contributed by atoms with van der Waals surface area (Å²) in [5, 5.41) is 11.5. The van der Waals surface area contributed by atoms with Crippen molar-refractivity contribution in [2.75, 3.05) is 31.0 Å². The molecule has 0 atom stereocenters. The number of anilines is 2. The Labute approximate surface area is 146 Å². The van der Waals surface area contributed by atoms with Gasteiger partial charge in [-0.1, -0.05) is 0 Å². The first-order chi connectivity index (χ1) is 12.0. The number of benzene rings is 2. The molecule has 144 valence electrons. The number of nitrogens with one attached hydrogen (secondary N) is 1. The van der Waals surface area contributed by atoms with E-state index < -0.39 is 23.5 Å². The number of hydrogen-bond acceptors (Lipinski definition) is 3. The molecule has 0 saturated heterocycles. The molecule has 0 aliphatic carbocycles. The average molecular weight is 380 g/mol. The Balaban J connectivity index is 0.000000263. The second kappa shape index (κ2) is 8.79. The number of aliphatic hydroxyl groups is 1. The topological polar surface area (TPSA) is 35.5 Å². The van der Waals surface area contributed by atoms with Gasteiger partial charge in [0.05, 0.1) is 11.1 Å². The van der Waals surface area contributed by atoms with E-state index in [1.54, 1.807) is 14.1 Å². The van der Waals surface area contributed by atoms with Crippen LogP contribution < -0.4 is 10.2 Å². The third-order valence-electron chi connectivity index (χ3n) is 3.35. The second-order valence-electron chi connectivity index (χ2n) is 5.21. The Morgan fingerprint density at radius 2 is 1.19 bits per heavy atom. The van der Waals surface area contributed by atoms with Gasteiger partial charge in [0.25, 0.3) is 0 Å². The molecule has 0 saturated carbocycles. The van der Waals surface area contributed by atoms with Crippen molar-refractivity contribution < 1.29 is 31.4 Å². The Morgan fingerprint density at radius 1 is 0.808 bits per heavy atom. The summed E-state index contributed by atoms with van der Waals surface area (Å²) in [6.07, 6.45) is -8.55. The highest BCUT2D eigenvalue weighted by Crippen LogP contribution is 2.30. The van der Waals surface area contributed by atoms with Crippen molar-refractivity contribution in [1.82, 2.24) is 0 Å². The summed E-state index contributed by atoms with van der Waals surface area (Å²) in [5.41, 5.74) is -0.0995. The molecule has 2 N–H and O–H groups in total. The van der Waals surface area contributed by atoms with Crippen LogP contribution in [0.5, 0.6) is 0 Å². The molecule has 0 aliphatic heterocycles. The lowest BCUT2D eigenvalue weighted by Gasteiger charge is -2.16. The molecule has 2 rings (SSSR count). The number of aliphatic hydroxyl groups excluding tert-OH is 1. The summed E-state index contributed by atoms with van der Waals surface area (Å²) >= 11 is 0. The Bertz CT molecular complexity index is 666. The fourth-order valence-electron chi connectivity index (χ4n) is 1.81. The van der Waals surface area contributed by atoms with Crippen LogP contribution in [0, 0.1) is 0 Å². The normalized spacial score (nSPS) is 11.4. The molecule has 0 spiro atoms.